The van der Waals surface area contributed by atoms with Gasteiger partial charge in [-0.2, -0.15) is 0 Å². The van der Waals surface area contributed by atoms with Crippen LogP contribution < -0.4 is 5.73 Å². The molecule has 1 rings (SSSR count). The molecule has 0 unspecified atom stereocenters. The van der Waals surface area contributed by atoms with Gasteiger partial charge < -0.3 is 5.73 Å². The summed E-state index contributed by atoms with van der Waals surface area (Å²) >= 11 is 0. The fourth-order valence-electron chi connectivity index (χ4n) is 0.918. The maximum Gasteiger partial charge on any atom is 0.123 e. The van der Waals surface area contributed by atoms with E-state index in [4.69, 9.17) is 5.73 Å². The van der Waals surface area contributed by atoms with Crippen molar-refractivity contribution in [1.29, 1.82) is 0 Å². The van der Waals surface area contributed by atoms with E-state index in [0.29, 0.717) is 0 Å². The SMILES string of the molecule is CC(=CN)C(C)=Nc1ccc(F)cc1. The number of benzene rings is 1. The van der Waals surface area contributed by atoms with Crippen LogP contribution in [0.3, 0.4) is 0 Å². The first kappa shape index (κ1) is 10.4. The van der Waals surface area contributed by atoms with Gasteiger partial charge >= 0.3 is 0 Å². The van der Waals surface area contributed by atoms with E-state index in [9.17, 15) is 4.39 Å². The number of hydrogen-bond acceptors (Lipinski definition) is 2. The van der Waals surface area contributed by atoms with Crippen LogP contribution in [-0.4, -0.2) is 5.71 Å². The predicted molar refractivity (Wildman–Crippen MR) is 57.1 cm³/mol. The van der Waals surface area contributed by atoms with E-state index >= 15 is 0 Å². The van der Waals surface area contributed by atoms with Crippen molar-refractivity contribution in [2.45, 2.75) is 13.8 Å². The zero-order chi connectivity index (χ0) is 10.6. The van der Waals surface area contributed by atoms with Crippen molar-refractivity contribution in [3.63, 3.8) is 0 Å². The number of hydrogen-bond donors (Lipinski definition) is 1. The third-order valence-corrected chi connectivity index (χ3v) is 1.94. The molecule has 0 aliphatic rings. The highest BCUT2D eigenvalue weighted by molar-refractivity contribution is 5.99. The van der Waals surface area contributed by atoms with Crippen LogP contribution in [-0.2, 0) is 0 Å². The second-order valence-corrected chi connectivity index (χ2v) is 3.02. The molecule has 0 spiro atoms. The summed E-state index contributed by atoms with van der Waals surface area (Å²) < 4.78 is 12.6. The summed E-state index contributed by atoms with van der Waals surface area (Å²) in [5.74, 6) is -0.257. The Morgan fingerprint density at radius 3 is 2.36 bits per heavy atom. The van der Waals surface area contributed by atoms with E-state index in [1.165, 1.54) is 18.3 Å². The van der Waals surface area contributed by atoms with Crippen molar-refractivity contribution in [1.82, 2.24) is 0 Å². The first-order chi connectivity index (χ1) is 6.63. The van der Waals surface area contributed by atoms with Gasteiger partial charge in [0.2, 0.25) is 0 Å². The van der Waals surface area contributed by atoms with Gasteiger partial charge in [-0.3, -0.25) is 4.99 Å². The summed E-state index contributed by atoms with van der Waals surface area (Å²) in [4.78, 5) is 4.27. The Morgan fingerprint density at radius 1 is 1.29 bits per heavy atom. The number of allylic oxidation sites excluding steroid dienone is 1. The molecule has 0 aliphatic heterocycles. The third-order valence-electron chi connectivity index (χ3n) is 1.94. The molecule has 14 heavy (non-hydrogen) atoms. The average Bonchev–Trinajstić information content (AvgIpc) is 2.20. The summed E-state index contributed by atoms with van der Waals surface area (Å²) in [6.07, 6.45) is 1.50. The third kappa shape index (κ3) is 2.69. The molecule has 0 saturated carbocycles. The predicted octanol–water partition coefficient (Wildman–Crippen LogP) is 2.78. The topological polar surface area (TPSA) is 38.4 Å². The van der Waals surface area contributed by atoms with Crippen molar-refractivity contribution in [2.24, 2.45) is 10.7 Å². The summed E-state index contributed by atoms with van der Waals surface area (Å²) in [6, 6.07) is 6.02. The van der Waals surface area contributed by atoms with E-state index < -0.39 is 0 Å². The van der Waals surface area contributed by atoms with E-state index in [-0.39, 0.29) is 5.82 Å². The van der Waals surface area contributed by atoms with Gasteiger partial charge in [-0.25, -0.2) is 4.39 Å². The zero-order valence-electron chi connectivity index (χ0n) is 8.29. The van der Waals surface area contributed by atoms with Crippen LogP contribution in [0.15, 0.2) is 41.0 Å². The van der Waals surface area contributed by atoms with Crippen molar-refractivity contribution in [2.75, 3.05) is 0 Å². The molecule has 2 N–H and O–H groups in total. The quantitative estimate of drug-likeness (QED) is 0.719. The maximum absolute atomic E-state index is 12.6. The molecule has 0 saturated heterocycles. The Balaban J connectivity index is 2.92. The molecular formula is C11H13FN2. The monoisotopic (exact) mass is 192 g/mol. The number of rotatable bonds is 2. The van der Waals surface area contributed by atoms with Gasteiger partial charge in [0.25, 0.3) is 0 Å². The van der Waals surface area contributed by atoms with Crippen LogP contribution in [0, 0.1) is 5.82 Å². The standard InChI is InChI=1S/C11H13FN2/c1-8(7-13)9(2)14-11-5-3-10(12)4-6-11/h3-7H,13H2,1-2H3. The van der Waals surface area contributed by atoms with E-state index in [1.807, 2.05) is 13.8 Å². The number of aliphatic imine (C=N–C) groups is 1. The summed E-state index contributed by atoms with van der Waals surface area (Å²) in [5.41, 5.74) is 7.82. The molecule has 0 aliphatic carbocycles. The van der Waals surface area contributed by atoms with Crippen molar-refractivity contribution < 1.29 is 4.39 Å². The lowest BCUT2D eigenvalue weighted by atomic mass is 10.2. The van der Waals surface area contributed by atoms with Crippen LogP contribution in [0.4, 0.5) is 10.1 Å². The highest BCUT2D eigenvalue weighted by Gasteiger charge is 1.95. The number of nitrogens with two attached hydrogens (primary N) is 1. The molecule has 0 bridgehead atoms. The van der Waals surface area contributed by atoms with Gasteiger partial charge in [0.1, 0.15) is 5.82 Å². The van der Waals surface area contributed by atoms with Crippen LogP contribution in [0.5, 0.6) is 0 Å². The highest BCUT2D eigenvalue weighted by Crippen LogP contribution is 2.13. The molecule has 0 atom stereocenters. The lowest BCUT2D eigenvalue weighted by Gasteiger charge is -1.99. The zero-order valence-corrected chi connectivity index (χ0v) is 8.29. The van der Waals surface area contributed by atoms with Gasteiger partial charge in [0.05, 0.1) is 5.69 Å². The second-order valence-electron chi connectivity index (χ2n) is 3.02. The molecule has 0 heterocycles. The number of nitrogens with zero attached hydrogens (tertiary/aromatic N) is 1. The Bertz CT molecular complexity index is 363. The van der Waals surface area contributed by atoms with Crippen LogP contribution in [0.2, 0.25) is 0 Å². The Hall–Kier alpha value is -1.64. The van der Waals surface area contributed by atoms with Crippen molar-refractivity contribution >= 4 is 11.4 Å². The first-order valence-electron chi connectivity index (χ1n) is 4.33. The lowest BCUT2D eigenvalue weighted by Crippen LogP contribution is -1.95. The molecule has 0 amide bonds. The highest BCUT2D eigenvalue weighted by atomic mass is 19.1. The van der Waals surface area contributed by atoms with E-state index in [1.54, 1.807) is 12.1 Å². The first-order valence-corrected chi connectivity index (χ1v) is 4.33. The maximum atomic E-state index is 12.6. The van der Waals surface area contributed by atoms with E-state index in [0.717, 1.165) is 17.0 Å². The molecule has 1 aromatic rings. The molecule has 1 aromatic carbocycles. The molecule has 0 aromatic heterocycles. The smallest absolute Gasteiger partial charge is 0.123 e. The Morgan fingerprint density at radius 2 is 1.86 bits per heavy atom. The minimum atomic E-state index is -0.257. The summed E-state index contributed by atoms with van der Waals surface area (Å²) in [6.45, 7) is 3.74. The second kappa shape index (κ2) is 4.56. The Labute approximate surface area is 83.0 Å². The fourth-order valence-corrected chi connectivity index (χ4v) is 0.918. The van der Waals surface area contributed by atoms with Gasteiger partial charge in [-0.05, 0) is 49.9 Å². The Kier molecular flexibility index (Phi) is 3.40. The molecule has 74 valence electrons. The molecule has 0 radical (unpaired) electrons. The lowest BCUT2D eigenvalue weighted by molar-refractivity contribution is 0.628. The van der Waals surface area contributed by atoms with Crippen molar-refractivity contribution in [3.8, 4) is 0 Å². The summed E-state index contributed by atoms with van der Waals surface area (Å²) in [5, 5.41) is 0. The number of halogens is 1. The normalized spacial score (nSPS) is 13.1. The fraction of sp³-hybridized carbons (Fsp3) is 0.182. The average molecular weight is 192 g/mol. The van der Waals surface area contributed by atoms with Crippen LogP contribution in [0.1, 0.15) is 13.8 Å². The van der Waals surface area contributed by atoms with Gasteiger partial charge in [-0.15, -0.1) is 0 Å². The van der Waals surface area contributed by atoms with Gasteiger partial charge in [-0.1, -0.05) is 0 Å². The molecule has 3 heteroatoms. The minimum absolute atomic E-state index is 0.257. The van der Waals surface area contributed by atoms with E-state index in [2.05, 4.69) is 4.99 Å². The van der Waals surface area contributed by atoms with Crippen molar-refractivity contribution in [3.05, 3.63) is 41.9 Å². The van der Waals surface area contributed by atoms with Crippen LogP contribution in [0.25, 0.3) is 0 Å². The van der Waals surface area contributed by atoms with Gasteiger partial charge in [0, 0.05) is 5.71 Å². The minimum Gasteiger partial charge on any atom is -0.404 e. The molecule has 2 nitrogen and oxygen atoms in total. The largest absolute Gasteiger partial charge is 0.404 e. The van der Waals surface area contributed by atoms with Crippen LogP contribution >= 0.6 is 0 Å². The molecular weight excluding hydrogens is 179 g/mol. The molecule has 0 fully saturated rings. The summed E-state index contributed by atoms with van der Waals surface area (Å²) in [7, 11) is 0. The van der Waals surface area contributed by atoms with Gasteiger partial charge in [0.15, 0.2) is 0 Å².